The molecule has 1 aliphatic heterocycles. The molecule has 5 unspecified atom stereocenters. The van der Waals surface area contributed by atoms with E-state index in [1.807, 2.05) is 18.2 Å². The van der Waals surface area contributed by atoms with Crippen LogP contribution >= 0.6 is 11.6 Å². The molecule has 1 aromatic rings. The van der Waals surface area contributed by atoms with Gasteiger partial charge < -0.3 is 24.4 Å². The zero-order valence-corrected chi connectivity index (χ0v) is 18.3. The molecule has 5 nitrogen and oxygen atoms in total. The molecular formula is C23H35ClO5. The van der Waals surface area contributed by atoms with Crippen molar-refractivity contribution in [2.45, 2.75) is 102 Å². The van der Waals surface area contributed by atoms with Crippen molar-refractivity contribution in [3.8, 4) is 5.75 Å². The van der Waals surface area contributed by atoms with E-state index in [4.69, 9.17) is 25.8 Å². The molecule has 2 aliphatic rings. The summed E-state index contributed by atoms with van der Waals surface area (Å²) in [4.78, 5) is 0. The first-order valence-electron chi connectivity index (χ1n) is 11.0. The summed E-state index contributed by atoms with van der Waals surface area (Å²) in [6.45, 7) is 4.13. The maximum Gasteiger partial charge on any atom is 0.138 e. The fraction of sp³-hybridized carbons (Fsp3) is 0.739. The van der Waals surface area contributed by atoms with Crippen LogP contribution in [0.4, 0.5) is 0 Å². The van der Waals surface area contributed by atoms with E-state index < -0.39 is 6.10 Å². The number of ether oxygens (including phenoxy) is 3. The van der Waals surface area contributed by atoms with Crippen molar-refractivity contribution in [3.05, 3.63) is 28.8 Å². The summed E-state index contributed by atoms with van der Waals surface area (Å²) in [5.41, 5.74) is 0.909. The predicted molar refractivity (Wildman–Crippen MR) is 114 cm³/mol. The largest absolute Gasteiger partial charge is 0.489 e. The van der Waals surface area contributed by atoms with Crippen LogP contribution in [0.5, 0.6) is 5.75 Å². The van der Waals surface area contributed by atoms with Crippen LogP contribution in [-0.2, 0) is 9.47 Å². The van der Waals surface area contributed by atoms with Gasteiger partial charge in [-0.2, -0.15) is 0 Å². The molecule has 0 spiro atoms. The first-order valence-corrected chi connectivity index (χ1v) is 11.4. The number of aliphatic hydroxyl groups excluding tert-OH is 2. The summed E-state index contributed by atoms with van der Waals surface area (Å²) in [6.07, 6.45) is 6.95. The maximum absolute atomic E-state index is 10.1. The highest BCUT2D eigenvalue weighted by Gasteiger charge is 2.29. The molecule has 1 heterocycles. The summed E-state index contributed by atoms with van der Waals surface area (Å²) in [5, 5.41) is 20.1. The number of hydrogen-bond donors (Lipinski definition) is 2. The summed E-state index contributed by atoms with van der Waals surface area (Å²) < 4.78 is 18.4. The molecule has 3 rings (SSSR count). The predicted octanol–water partition coefficient (Wildman–Crippen LogP) is 4.81. The Kier molecular flexibility index (Phi) is 8.63. The lowest BCUT2D eigenvalue weighted by atomic mass is 9.96. The minimum absolute atomic E-state index is 0.0159. The maximum atomic E-state index is 10.1. The molecule has 0 amide bonds. The summed E-state index contributed by atoms with van der Waals surface area (Å²) in [7, 11) is 0. The van der Waals surface area contributed by atoms with Gasteiger partial charge in [-0.3, -0.25) is 0 Å². The molecule has 1 aromatic carbocycles. The van der Waals surface area contributed by atoms with E-state index in [1.165, 1.54) is 12.8 Å². The first-order chi connectivity index (χ1) is 14.0. The molecule has 29 heavy (non-hydrogen) atoms. The van der Waals surface area contributed by atoms with Gasteiger partial charge in [-0.05, 0) is 43.9 Å². The molecule has 164 valence electrons. The number of rotatable bonds is 9. The van der Waals surface area contributed by atoms with Gasteiger partial charge in [0.15, 0.2) is 0 Å². The highest BCUT2D eigenvalue weighted by atomic mass is 35.5. The molecule has 0 radical (unpaired) electrons. The molecule has 1 aliphatic carbocycles. The Balaban J connectivity index is 1.63. The van der Waals surface area contributed by atoms with Crippen molar-refractivity contribution in [1.82, 2.24) is 0 Å². The number of halogens is 1. The molecular weight excluding hydrogens is 392 g/mol. The van der Waals surface area contributed by atoms with E-state index >= 15 is 0 Å². The third-order valence-electron chi connectivity index (χ3n) is 5.98. The van der Waals surface area contributed by atoms with E-state index in [0.29, 0.717) is 29.7 Å². The topological polar surface area (TPSA) is 68.2 Å². The Hall–Kier alpha value is -0.850. The second kappa shape index (κ2) is 11.0. The summed E-state index contributed by atoms with van der Waals surface area (Å²) in [6, 6.07) is 5.62. The third kappa shape index (κ3) is 6.56. The smallest absolute Gasteiger partial charge is 0.138 e. The van der Waals surface area contributed by atoms with Crippen LogP contribution in [0.25, 0.3) is 0 Å². The van der Waals surface area contributed by atoms with Crippen LogP contribution in [0, 0.1) is 0 Å². The van der Waals surface area contributed by atoms with Crippen LogP contribution in [-0.4, -0.2) is 47.3 Å². The Morgan fingerprint density at radius 1 is 1.24 bits per heavy atom. The summed E-state index contributed by atoms with van der Waals surface area (Å²) in [5.74, 6) is 0.633. The van der Waals surface area contributed by atoms with Crippen molar-refractivity contribution in [2.75, 3.05) is 6.61 Å². The second-order valence-electron chi connectivity index (χ2n) is 8.48. The van der Waals surface area contributed by atoms with Gasteiger partial charge in [0, 0.05) is 19.3 Å². The highest BCUT2D eigenvalue weighted by Crippen LogP contribution is 2.36. The molecule has 2 fully saturated rings. The van der Waals surface area contributed by atoms with Crippen molar-refractivity contribution >= 4 is 11.6 Å². The molecule has 5 atom stereocenters. The van der Waals surface area contributed by atoms with E-state index in [-0.39, 0.29) is 31.0 Å². The molecule has 0 bridgehead atoms. The van der Waals surface area contributed by atoms with Crippen molar-refractivity contribution in [2.24, 2.45) is 0 Å². The van der Waals surface area contributed by atoms with Gasteiger partial charge in [-0.25, -0.2) is 0 Å². The van der Waals surface area contributed by atoms with Crippen LogP contribution in [0.2, 0.25) is 5.02 Å². The molecule has 1 saturated heterocycles. The second-order valence-corrected chi connectivity index (χ2v) is 8.89. The van der Waals surface area contributed by atoms with Gasteiger partial charge in [0.1, 0.15) is 11.9 Å². The van der Waals surface area contributed by atoms with Gasteiger partial charge in [-0.15, -0.1) is 0 Å². The summed E-state index contributed by atoms with van der Waals surface area (Å²) >= 11 is 6.41. The lowest BCUT2D eigenvalue weighted by molar-refractivity contribution is -0.113. The van der Waals surface area contributed by atoms with Crippen molar-refractivity contribution in [3.63, 3.8) is 0 Å². The third-order valence-corrected chi connectivity index (χ3v) is 6.29. The Morgan fingerprint density at radius 2 is 2.00 bits per heavy atom. The Bertz CT molecular complexity index is 634. The minimum atomic E-state index is -0.483. The Labute approximate surface area is 179 Å². The SMILES string of the molecule is CCC(CC(C)OC1CCCC1)Oc1cc(C2CC(O)CC(CO)O2)ccc1Cl. The number of benzene rings is 1. The van der Waals surface area contributed by atoms with E-state index in [1.54, 1.807) is 0 Å². The molecule has 1 saturated carbocycles. The average Bonchev–Trinajstić information content (AvgIpc) is 3.21. The molecule has 2 N–H and O–H groups in total. The van der Waals surface area contributed by atoms with Gasteiger partial charge in [0.05, 0.1) is 42.1 Å². The van der Waals surface area contributed by atoms with Crippen LogP contribution in [0.3, 0.4) is 0 Å². The van der Waals surface area contributed by atoms with E-state index in [2.05, 4.69) is 13.8 Å². The lowest BCUT2D eigenvalue weighted by Gasteiger charge is -2.33. The van der Waals surface area contributed by atoms with E-state index in [0.717, 1.165) is 31.2 Å². The first kappa shape index (κ1) is 22.8. The average molecular weight is 427 g/mol. The van der Waals surface area contributed by atoms with Crippen molar-refractivity contribution < 1.29 is 24.4 Å². The molecule has 6 heteroatoms. The fourth-order valence-corrected chi connectivity index (χ4v) is 4.55. The van der Waals surface area contributed by atoms with Crippen molar-refractivity contribution in [1.29, 1.82) is 0 Å². The van der Waals surface area contributed by atoms with Gasteiger partial charge in [-0.1, -0.05) is 37.4 Å². The van der Waals surface area contributed by atoms with Gasteiger partial charge in [0.25, 0.3) is 0 Å². The van der Waals surface area contributed by atoms with Gasteiger partial charge in [0.2, 0.25) is 0 Å². The normalized spacial score (nSPS) is 27.7. The highest BCUT2D eigenvalue weighted by molar-refractivity contribution is 6.32. The zero-order chi connectivity index (χ0) is 20.8. The fourth-order valence-electron chi connectivity index (χ4n) is 4.39. The minimum Gasteiger partial charge on any atom is -0.489 e. The van der Waals surface area contributed by atoms with Gasteiger partial charge >= 0.3 is 0 Å². The lowest BCUT2D eigenvalue weighted by Crippen LogP contribution is -2.33. The standard InChI is InChI=1S/C23H35ClO5/c1-3-18(10-15(2)27-19-6-4-5-7-19)28-23-11-16(8-9-21(23)24)22-13-17(26)12-20(14-25)29-22/h8-9,11,15,17-20,22,25-26H,3-7,10,12-14H2,1-2H3. The number of aliphatic hydroxyl groups is 2. The van der Waals surface area contributed by atoms with Crippen LogP contribution in [0.15, 0.2) is 18.2 Å². The molecule has 0 aromatic heterocycles. The monoisotopic (exact) mass is 426 g/mol. The van der Waals surface area contributed by atoms with Crippen LogP contribution in [0.1, 0.15) is 76.9 Å². The quantitative estimate of drug-likeness (QED) is 0.593. The van der Waals surface area contributed by atoms with Crippen LogP contribution < -0.4 is 4.74 Å². The Morgan fingerprint density at radius 3 is 2.69 bits per heavy atom. The number of hydrogen-bond acceptors (Lipinski definition) is 5. The zero-order valence-electron chi connectivity index (χ0n) is 17.6. The van der Waals surface area contributed by atoms with E-state index in [9.17, 15) is 10.2 Å².